The first kappa shape index (κ1) is 11.8. The Morgan fingerprint density at radius 3 is 2.83 bits per heavy atom. The summed E-state index contributed by atoms with van der Waals surface area (Å²) in [6, 6.07) is 14.2. The van der Waals surface area contributed by atoms with Gasteiger partial charge in [0.1, 0.15) is 6.33 Å². The van der Waals surface area contributed by atoms with Crippen molar-refractivity contribution >= 4 is 38.6 Å². The number of hydrogen-bond acceptors (Lipinski definition) is 1. The molecule has 2 nitrogen and oxygen atoms in total. The van der Waals surface area contributed by atoms with Crippen LogP contribution in [0.15, 0.2) is 53.3 Å². The van der Waals surface area contributed by atoms with E-state index >= 15 is 0 Å². The zero-order valence-electron chi connectivity index (χ0n) is 9.48. The average Bonchev–Trinajstić information content (AvgIpc) is 2.82. The summed E-state index contributed by atoms with van der Waals surface area (Å²) in [5.41, 5.74) is 4.23. The van der Waals surface area contributed by atoms with Gasteiger partial charge in [0.15, 0.2) is 0 Å². The number of alkyl halides is 1. The standard InChI is InChI=1S/C14H10BrClN2/c15-11-5-6-13(10(7-11)8-16)18-9-17-12-3-1-2-4-14(12)18/h1-7,9H,8H2. The molecule has 0 unspecified atom stereocenters. The van der Waals surface area contributed by atoms with Gasteiger partial charge < -0.3 is 0 Å². The van der Waals surface area contributed by atoms with Gasteiger partial charge in [-0.3, -0.25) is 4.57 Å². The van der Waals surface area contributed by atoms with Gasteiger partial charge in [0.05, 0.1) is 16.7 Å². The number of halogens is 2. The number of benzene rings is 2. The van der Waals surface area contributed by atoms with Crippen LogP contribution in [0.3, 0.4) is 0 Å². The highest BCUT2D eigenvalue weighted by atomic mass is 79.9. The molecule has 0 bridgehead atoms. The Kier molecular flexibility index (Phi) is 3.10. The van der Waals surface area contributed by atoms with E-state index in [9.17, 15) is 0 Å². The number of nitrogens with zero attached hydrogens (tertiary/aromatic N) is 2. The number of rotatable bonds is 2. The summed E-state index contributed by atoms with van der Waals surface area (Å²) in [6.45, 7) is 0. The van der Waals surface area contributed by atoms with Crippen LogP contribution >= 0.6 is 27.5 Å². The van der Waals surface area contributed by atoms with E-state index in [1.165, 1.54) is 0 Å². The van der Waals surface area contributed by atoms with E-state index in [2.05, 4.69) is 37.6 Å². The van der Waals surface area contributed by atoms with Crippen molar-refractivity contribution in [2.24, 2.45) is 0 Å². The molecule has 1 heterocycles. The van der Waals surface area contributed by atoms with Gasteiger partial charge in [-0.25, -0.2) is 4.98 Å². The molecule has 0 fully saturated rings. The molecule has 4 heteroatoms. The monoisotopic (exact) mass is 320 g/mol. The number of fused-ring (bicyclic) bond motifs is 1. The molecule has 3 rings (SSSR count). The van der Waals surface area contributed by atoms with E-state index in [4.69, 9.17) is 11.6 Å². The fourth-order valence-corrected chi connectivity index (χ4v) is 2.67. The zero-order chi connectivity index (χ0) is 12.5. The Hall–Kier alpha value is -1.32. The van der Waals surface area contributed by atoms with E-state index in [0.717, 1.165) is 26.8 Å². The lowest BCUT2D eigenvalue weighted by Crippen LogP contribution is -1.96. The maximum atomic E-state index is 6.02. The van der Waals surface area contributed by atoms with Crippen molar-refractivity contribution in [2.75, 3.05) is 0 Å². The molecule has 0 saturated heterocycles. The minimum absolute atomic E-state index is 0.473. The van der Waals surface area contributed by atoms with Gasteiger partial charge in [-0.1, -0.05) is 28.1 Å². The molecule has 0 aliphatic heterocycles. The van der Waals surface area contributed by atoms with E-state index in [0.29, 0.717) is 5.88 Å². The topological polar surface area (TPSA) is 17.8 Å². The second-order valence-electron chi connectivity index (χ2n) is 4.01. The molecular formula is C14H10BrClN2. The molecule has 1 aromatic heterocycles. The smallest absolute Gasteiger partial charge is 0.100 e. The van der Waals surface area contributed by atoms with Crippen LogP contribution in [-0.2, 0) is 5.88 Å². The third-order valence-electron chi connectivity index (χ3n) is 2.90. The largest absolute Gasteiger partial charge is 0.299 e. The molecule has 0 spiro atoms. The summed E-state index contributed by atoms with van der Waals surface area (Å²) < 4.78 is 3.10. The van der Waals surface area contributed by atoms with Crippen molar-refractivity contribution in [3.63, 3.8) is 0 Å². The molecule has 0 amide bonds. The van der Waals surface area contributed by atoms with Crippen molar-refractivity contribution in [1.29, 1.82) is 0 Å². The van der Waals surface area contributed by atoms with E-state index in [1.54, 1.807) is 0 Å². The molecule has 0 N–H and O–H groups in total. The average molecular weight is 322 g/mol. The third kappa shape index (κ3) is 1.93. The number of aromatic nitrogens is 2. The molecule has 18 heavy (non-hydrogen) atoms. The quantitative estimate of drug-likeness (QED) is 0.634. The van der Waals surface area contributed by atoms with Gasteiger partial charge in [0, 0.05) is 10.4 Å². The highest BCUT2D eigenvalue weighted by molar-refractivity contribution is 9.10. The lowest BCUT2D eigenvalue weighted by atomic mass is 10.2. The number of hydrogen-bond donors (Lipinski definition) is 0. The van der Waals surface area contributed by atoms with Crippen LogP contribution in [0.2, 0.25) is 0 Å². The Balaban J connectivity index is 2.26. The molecule has 2 aromatic carbocycles. The summed E-state index contributed by atoms with van der Waals surface area (Å²) in [5.74, 6) is 0.473. The summed E-state index contributed by atoms with van der Waals surface area (Å²) in [4.78, 5) is 4.40. The van der Waals surface area contributed by atoms with Crippen LogP contribution in [0, 0.1) is 0 Å². The van der Waals surface area contributed by atoms with Crippen LogP contribution in [0.5, 0.6) is 0 Å². The minimum Gasteiger partial charge on any atom is -0.299 e. The lowest BCUT2D eigenvalue weighted by molar-refractivity contribution is 1.07. The van der Waals surface area contributed by atoms with Gasteiger partial charge in [0.2, 0.25) is 0 Å². The summed E-state index contributed by atoms with van der Waals surface area (Å²) in [5, 5.41) is 0. The lowest BCUT2D eigenvalue weighted by Gasteiger charge is -2.09. The molecule has 3 aromatic rings. The number of para-hydroxylation sites is 2. The van der Waals surface area contributed by atoms with Crippen molar-refractivity contribution in [2.45, 2.75) is 5.88 Å². The number of imidazole rings is 1. The predicted molar refractivity (Wildman–Crippen MR) is 78.3 cm³/mol. The van der Waals surface area contributed by atoms with Crippen LogP contribution in [0.1, 0.15) is 5.56 Å². The van der Waals surface area contributed by atoms with Crippen molar-refractivity contribution in [1.82, 2.24) is 9.55 Å². The Morgan fingerprint density at radius 1 is 1.17 bits per heavy atom. The molecule has 0 atom stereocenters. The maximum absolute atomic E-state index is 6.02. The van der Waals surface area contributed by atoms with Gasteiger partial charge in [0.25, 0.3) is 0 Å². The second-order valence-corrected chi connectivity index (χ2v) is 5.19. The summed E-state index contributed by atoms with van der Waals surface area (Å²) in [7, 11) is 0. The first-order valence-corrected chi connectivity index (χ1v) is 6.89. The van der Waals surface area contributed by atoms with E-state index in [-0.39, 0.29) is 0 Å². The van der Waals surface area contributed by atoms with Crippen LogP contribution in [0.4, 0.5) is 0 Å². The molecule has 0 aliphatic rings. The summed E-state index contributed by atoms with van der Waals surface area (Å²) >= 11 is 9.48. The molecule has 90 valence electrons. The van der Waals surface area contributed by atoms with Gasteiger partial charge in [-0.15, -0.1) is 11.6 Å². The fourth-order valence-electron chi connectivity index (χ4n) is 2.05. The molecule has 0 saturated carbocycles. The first-order valence-electron chi connectivity index (χ1n) is 5.56. The van der Waals surface area contributed by atoms with Crippen LogP contribution in [0.25, 0.3) is 16.7 Å². The van der Waals surface area contributed by atoms with Crippen molar-refractivity contribution in [3.05, 3.63) is 58.8 Å². The SMILES string of the molecule is ClCc1cc(Br)ccc1-n1cnc2ccccc21. The summed E-state index contributed by atoms with van der Waals surface area (Å²) in [6.07, 6.45) is 1.84. The van der Waals surface area contributed by atoms with E-state index in [1.807, 2.05) is 36.7 Å². The fraction of sp³-hybridized carbons (Fsp3) is 0.0714. The predicted octanol–water partition coefficient (Wildman–Crippen LogP) is 4.53. The Labute approximate surface area is 118 Å². The minimum atomic E-state index is 0.473. The Bertz CT molecular complexity index is 706. The van der Waals surface area contributed by atoms with Crippen molar-refractivity contribution in [3.8, 4) is 5.69 Å². The maximum Gasteiger partial charge on any atom is 0.100 e. The van der Waals surface area contributed by atoms with E-state index < -0.39 is 0 Å². The van der Waals surface area contributed by atoms with Crippen LogP contribution < -0.4 is 0 Å². The van der Waals surface area contributed by atoms with Crippen LogP contribution in [-0.4, -0.2) is 9.55 Å². The van der Waals surface area contributed by atoms with Gasteiger partial charge in [-0.2, -0.15) is 0 Å². The third-order valence-corrected chi connectivity index (χ3v) is 3.68. The van der Waals surface area contributed by atoms with Gasteiger partial charge in [-0.05, 0) is 35.9 Å². The Morgan fingerprint density at radius 2 is 2.00 bits per heavy atom. The normalized spacial score (nSPS) is 11.0. The van der Waals surface area contributed by atoms with Gasteiger partial charge >= 0.3 is 0 Å². The molecular weight excluding hydrogens is 312 g/mol. The molecule has 0 aliphatic carbocycles. The second kappa shape index (κ2) is 4.75. The molecule has 0 radical (unpaired) electrons. The first-order chi connectivity index (χ1) is 8.79. The van der Waals surface area contributed by atoms with Crippen molar-refractivity contribution < 1.29 is 0 Å². The zero-order valence-corrected chi connectivity index (χ0v) is 11.8. The highest BCUT2D eigenvalue weighted by Crippen LogP contribution is 2.25. The highest BCUT2D eigenvalue weighted by Gasteiger charge is 2.08.